The van der Waals surface area contributed by atoms with Crippen LogP contribution < -0.4 is 5.73 Å². The van der Waals surface area contributed by atoms with E-state index in [9.17, 15) is 0 Å². The monoisotopic (exact) mass is 164 g/mol. The molecule has 2 nitrogen and oxygen atoms in total. The molecule has 2 heteroatoms. The van der Waals surface area contributed by atoms with Crippen LogP contribution in [0.1, 0.15) is 23.2 Å². The second kappa shape index (κ2) is 4.21. The van der Waals surface area contributed by atoms with E-state index < -0.39 is 0 Å². The number of aryl methyl sites for hydroxylation is 3. The van der Waals surface area contributed by atoms with Crippen molar-refractivity contribution in [3.8, 4) is 0 Å². The first-order valence-electron chi connectivity index (χ1n) is 4.36. The van der Waals surface area contributed by atoms with E-state index >= 15 is 0 Å². The maximum absolute atomic E-state index is 5.42. The summed E-state index contributed by atoms with van der Waals surface area (Å²) in [4.78, 5) is 4.29. The van der Waals surface area contributed by atoms with Crippen LogP contribution in [0.5, 0.6) is 0 Å². The Balaban J connectivity index is 2.69. The Morgan fingerprint density at radius 2 is 2.17 bits per heavy atom. The summed E-state index contributed by atoms with van der Waals surface area (Å²) in [6.45, 7) is 4.88. The summed E-state index contributed by atoms with van der Waals surface area (Å²) < 4.78 is 0. The fourth-order valence-electron chi connectivity index (χ4n) is 1.14. The third kappa shape index (κ3) is 2.31. The number of hydrogen-bond acceptors (Lipinski definition) is 2. The number of nitrogens with zero attached hydrogens (tertiary/aromatic N) is 1. The first-order valence-corrected chi connectivity index (χ1v) is 4.36. The van der Waals surface area contributed by atoms with Gasteiger partial charge in [0, 0.05) is 11.9 Å². The quantitative estimate of drug-likeness (QED) is 0.736. The molecule has 0 spiro atoms. The van der Waals surface area contributed by atoms with E-state index in [1.165, 1.54) is 11.1 Å². The van der Waals surface area contributed by atoms with Gasteiger partial charge in [-0.05, 0) is 44.4 Å². The van der Waals surface area contributed by atoms with Crippen LogP contribution in [0.3, 0.4) is 0 Å². The highest BCUT2D eigenvalue weighted by Crippen LogP contribution is 2.07. The molecule has 0 saturated carbocycles. The molecule has 1 aromatic heterocycles. The molecule has 12 heavy (non-hydrogen) atoms. The highest BCUT2D eigenvalue weighted by molar-refractivity contribution is 5.22. The Morgan fingerprint density at radius 3 is 2.75 bits per heavy atom. The van der Waals surface area contributed by atoms with Gasteiger partial charge in [0.25, 0.3) is 0 Å². The van der Waals surface area contributed by atoms with Gasteiger partial charge >= 0.3 is 0 Å². The van der Waals surface area contributed by atoms with E-state index in [0.717, 1.165) is 25.1 Å². The second-order valence-electron chi connectivity index (χ2n) is 3.14. The predicted octanol–water partition coefficient (Wildman–Crippen LogP) is 1.59. The third-order valence-electron chi connectivity index (χ3n) is 2.07. The van der Waals surface area contributed by atoms with Crippen molar-refractivity contribution in [1.82, 2.24) is 4.98 Å². The molecule has 1 aromatic rings. The summed E-state index contributed by atoms with van der Waals surface area (Å²) in [6, 6.07) is 2.19. The van der Waals surface area contributed by atoms with Crippen LogP contribution in [0.2, 0.25) is 0 Å². The third-order valence-corrected chi connectivity index (χ3v) is 2.07. The Labute approximate surface area is 73.8 Å². The van der Waals surface area contributed by atoms with Gasteiger partial charge in [-0.3, -0.25) is 4.98 Å². The number of hydrogen-bond donors (Lipinski definition) is 1. The van der Waals surface area contributed by atoms with Crippen LogP contribution in [0.25, 0.3) is 0 Å². The zero-order chi connectivity index (χ0) is 8.97. The van der Waals surface area contributed by atoms with E-state index in [-0.39, 0.29) is 0 Å². The summed E-state index contributed by atoms with van der Waals surface area (Å²) in [7, 11) is 0. The molecule has 1 rings (SSSR count). The van der Waals surface area contributed by atoms with Crippen LogP contribution in [-0.2, 0) is 6.42 Å². The first-order chi connectivity index (χ1) is 5.74. The number of pyridine rings is 1. The number of rotatable bonds is 3. The number of aromatic nitrogens is 1. The summed E-state index contributed by atoms with van der Waals surface area (Å²) >= 11 is 0. The highest BCUT2D eigenvalue weighted by atomic mass is 14.7. The molecule has 0 saturated heterocycles. The summed E-state index contributed by atoms with van der Waals surface area (Å²) in [5.74, 6) is 0. The van der Waals surface area contributed by atoms with E-state index in [4.69, 9.17) is 5.73 Å². The number of nitrogens with two attached hydrogens (primary N) is 1. The topological polar surface area (TPSA) is 38.9 Å². The molecule has 0 aliphatic carbocycles. The van der Waals surface area contributed by atoms with Crippen molar-refractivity contribution < 1.29 is 0 Å². The van der Waals surface area contributed by atoms with Gasteiger partial charge in [0.05, 0.1) is 0 Å². The van der Waals surface area contributed by atoms with Crippen molar-refractivity contribution in [3.63, 3.8) is 0 Å². The van der Waals surface area contributed by atoms with Crippen LogP contribution in [-0.4, -0.2) is 11.5 Å². The maximum Gasteiger partial charge on any atom is 0.0401 e. The van der Waals surface area contributed by atoms with Gasteiger partial charge in [-0.25, -0.2) is 0 Å². The van der Waals surface area contributed by atoms with Crippen LogP contribution in [0.15, 0.2) is 12.3 Å². The van der Waals surface area contributed by atoms with Crippen molar-refractivity contribution >= 4 is 0 Å². The van der Waals surface area contributed by atoms with E-state index in [2.05, 4.69) is 18.0 Å². The second-order valence-corrected chi connectivity index (χ2v) is 3.14. The van der Waals surface area contributed by atoms with Crippen molar-refractivity contribution in [3.05, 3.63) is 29.1 Å². The first kappa shape index (κ1) is 9.20. The van der Waals surface area contributed by atoms with Crippen molar-refractivity contribution in [2.75, 3.05) is 6.54 Å². The van der Waals surface area contributed by atoms with Crippen molar-refractivity contribution in [2.24, 2.45) is 5.73 Å². The summed E-state index contributed by atoms with van der Waals surface area (Å²) in [6.07, 6.45) is 4.03. The van der Waals surface area contributed by atoms with Gasteiger partial charge in [-0.2, -0.15) is 0 Å². The van der Waals surface area contributed by atoms with Gasteiger partial charge < -0.3 is 5.73 Å². The Hall–Kier alpha value is -0.890. The Kier molecular flexibility index (Phi) is 3.23. The highest BCUT2D eigenvalue weighted by Gasteiger charge is 1.96. The van der Waals surface area contributed by atoms with Crippen LogP contribution >= 0.6 is 0 Å². The maximum atomic E-state index is 5.42. The largest absolute Gasteiger partial charge is 0.330 e. The zero-order valence-corrected chi connectivity index (χ0v) is 7.80. The SMILES string of the molecule is Cc1cc(CCCN)cnc1C. The minimum absolute atomic E-state index is 0.757. The van der Waals surface area contributed by atoms with Gasteiger partial charge in [0.1, 0.15) is 0 Å². The normalized spacial score (nSPS) is 10.2. The fourth-order valence-corrected chi connectivity index (χ4v) is 1.14. The lowest BCUT2D eigenvalue weighted by Crippen LogP contribution is -2.01. The average Bonchev–Trinajstić information content (AvgIpc) is 2.07. The smallest absolute Gasteiger partial charge is 0.0401 e. The lowest BCUT2D eigenvalue weighted by molar-refractivity contribution is 0.826. The average molecular weight is 164 g/mol. The standard InChI is InChI=1S/C10H16N2/c1-8-6-10(4-3-5-11)7-12-9(8)2/h6-7H,3-5,11H2,1-2H3. The molecule has 0 radical (unpaired) electrons. The molecule has 66 valence electrons. The predicted molar refractivity (Wildman–Crippen MR) is 51.1 cm³/mol. The van der Waals surface area contributed by atoms with Gasteiger partial charge in [0.2, 0.25) is 0 Å². The van der Waals surface area contributed by atoms with E-state index in [0.29, 0.717) is 0 Å². The minimum Gasteiger partial charge on any atom is -0.330 e. The molecular formula is C10H16N2. The van der Waals surface area contributed by atoms with Gasteiger partial charge in [0.15, 0.2) is 0 Å². The molecule has 2 N–H and O–H groups in total. The van der Waals surface area contributed by atoms with E-state index in [1.54, 1.807) is 0 Å². The zero-order valence-electron chi connectivity index (χ0n) is 7.80. The van der Waals surface area contributed by atoms with Gasteiger partial charge in [-0.15, -0.1) is 0 Å². The van der Waals surface area contributed by atoms with Crippen LogP contribution in [0, 0.1) is 13.8 Å². The summed E-state index contributed by atoms with van der Waals surface area (Å²) in [5.41, 5.74) is 9.10. The molecular weight excluding hydrogens is 148 g/mol. The lowest BCUT2D eigenvalue weighted by atomic mass is 10.1. The van der Waals surface area contributed by atoms with Gasteiger partial charge in [-0.1, -0.05) is 6.07 Å². The van der Waals surface area contributed by atoms with Crippen molar-refractivity contribution in [2.45, 2.75) is 26.7 Å². The molecule has 0 atom stereocenters. The fraction of sp³-hybridized carbons (Fsp3) is 0.500. The Morgan fingerprint density at radius 1 is 1.42 bits per heavy atom. The molecule has 0 fully saturated rings. The molecule has 0 bridgehead atoms. The van der Waals surface area contributed by atoms with Crippen LogP contribution in [0.4, 0.5) is 0 Å². The van der Waals surface area contributed by atoms with E-state index in [1.807, 2.05) is 13.1 Å². The minimum atomic E-state index is 0.757. The molecule has 0 amide bonds. The van der Waals surface area contributed by atoms with Crippen molar-refractivity contribution in [1.29, 1.82) is 0 Å². The molecule has 0 aliphatic rings. The molecule has 0 aromatic carbocycles. The Bertz CT molecular complexity index is 256. The molecule has 0 unspecified atom stereocenters. The molecule has 1 heterocycles. The lowest BCUT2D eigenvalue weighted by Gasteiger charge is -2.02. The molecule has 0 aliphatic heterocycles. The summed E-state index contributed by atoms with van der Waals surface area (Å²) in [5, 5.41) is 0.